The second-order valence-electron chi connectivity index (χ2n) is 13.4. The SMILES string of the molecule is c1ccc(-c2nc(-n3c4ccccc4c4cc5ccccc5c(-c5ccc6c7ccccc7n(-c7ccccc7)c6c5)c43)nc3ccccc23)cc1. The van der Waals surface area contributed by atoms with Crippen LogP contribution in [0.5, 0.6) is 0 Å². The Hall–Kier alpha value is -7.04. The molecular weight excluding hydrogens is 633 g/mol. The van der Waals surface area contributed by atoms with Gasteiger partial charge in [-0.2, -0.15) is 0 Å². The van der Waals surface area contributed by atoms with Gasteiger partial charge < -0.3 is 4.57 Å². The van der Waals surface area contributed by atoms with E-state index in [1.165, 1.54) is 43.4 Å². The summed E-state index contributed by atoms with van der Waals surface area (Å²) >= 11 is 0. The lowest BCUT2D eigenvalue weighted by atomic mass is 9.94. The molecule has 4 nitrogen and oxygen atoms in total. The Balaban J connectivity index is 1.30. The van der Waals surface area contributed by atoms with Crippen molar-refractivity contribution in [1.29, 1.82) is 0 Å². The summed E-state index contributed by atoms with van der Waals surface area (Å²) in [4.78, 5) is 10.7. The highest BCUT2D eigenvalue weighted by Gasteiger charge is 2.23. The molecule has 0 N–H and O–H groups in total. The molecule has 4 heteroatoms. The highest BCUT2D eigenvalue weighted by Crippen LogP contribution is 2.44. The summed E-state index contributed by atoms with van der Waals surface area (Å²) in [6, 6.07) is 64.9. The highest BCUT2D eigenvalue weighted by molar-refractivity contribution is 6.22. The first-order chi connectivity index (χ1) is 25.8. The van der Waals surface area contributed by atoms with E-state index in [2.05, 4.69) is 185 Å². The Morgan fingerprint density at radius 3 is 1.75 bits per heavy atom. The molecule has 0 aliphatic rings. The van der Waals surface area contributed by atoms with Crippen LogP contribution in [0, 0.1) is 0 Å². The van der Waals surface area contributed by atoms with Gasteiger partial charge in [-0.1, -0.05) is 140 Å². The van der Waals surface area contributed by atoms with E-state index in [1.807, 2.05) is 6.07 Å². The molecule has 0 atom stereocenters. The van der Waals surface area contributed by atoms with Crippen LogP contribution in [0.1, 0.15) is 0 Å². The normalized spacial score (nSPS) is 11.8. The van der Waals surface area contributed by atoms with Crippen LogP contribution in [-0.4, -0.2) is 19.1 Å². The molecule has 0 saturated heterocycles. The minimum atomic E-state index is 0.653. The molecule has 11 aromatic rings. The van der Waals surface area contributed by atoms with E-state index in [9.17, 15) is 0 Å². The van der Waals surface area contributed by atoms with Gasteiger partial charge in [0.2, 0.25) is 5.95 Å². The third-order valence-electron chi connectivity index (χ3n) is 10.5. The van der Waals surface area contributed by atoms with E-state index < -0.39 is 0 Å². The molecule has 8 aromatic carbocycles. The van der Waals surface area contributed by atoms with Crippen molar-refractivity contribution in [2.45, 2.75) is 0 Å². The molecule has 0 unspecified atom stereocenters. The molecular formula is C48H30N4. The van der Waals surface area contributed by atoms with Crippen molar-refractivity contribution in [2.24, 2.45) is 0 Å². The van der Waals surface area contributed by atoms with E-state index in [4.69, 9.17) is 9.97 Å². The van der Waals surface area contributed by atoms with Gasteiger partial charge >= 0.3 is 0 Å². The average molecular weight is 663 g/mol. The van der Waals surface area contributed by atoms with Crippen molar-refractivity contribution < 1.29 is 0 Å². The van der Waals surface area contributed by atoms with Crippen LogP contribution in [0.4, 0.5) is 0 Å². The highest BCUT2D eigenvalue weighted by atomic mass is 15.2. The molecule has 0 aliphatic carbocycles. The lowest BCUT2D eigenvalue weighted by Gasteiger charge is -2.16. The predicted octanol–water partition coefficient (Wildman–Crippen LogP) is 12.3. The van der Waals surface area contributed by atoms with Crippen LogP contribution in [0.3, 0.4) is 0 Å². The maximum absolute atomic E-state index is 5.41. The minimum absolute atomic E-state index is 0.653. The topological polar surface area (TPSA) is 35.6 Å². The molecule has 0 bridgehead atoms. The summed E-state index contributed by atoms with van der Waals surface area (Å²) in [5.41, 5.74) is 10.9. The minimum Gasteiger partial charge on any atom is -0.309 e. The van der Waals surface area contributed by atoms with Gasteiger partial charge in [0.15, 0.2) is 0 Å². The zero-order valence-electron chi connectivity index (χ0n) is 28.1. The van der Waals surface area contributed by atoms with Crippen molar-refractivity contribution in [3.05, 3.63) is 182 Å². The van der Waals surface area contributed by atoms with Crippen LogP contribution >= 0.6 is 0 Å². The van der Waals surface area contributed by atoms with Gasteiger partial charge in [0.05, 0.1) is 33.3 Å². The first-order valence-electron chi connectivity index (χ1n) is 17.7. The van der Waals surface area contributed by atoms with E-state index >= 15 is 0 Å². The Morgan fingerprint density at radius 1 is 0.365 bits per heavy atom. The Morgan fingerprint density at radius 2 is 0.962 bits per heavy atom. The third kappa shape index (κ3) is 4.21. The summed E-state index contributed by atoms with van der Waals surface area (Å²) in [7, 11) is 0. The van der Waals surface area contributed by atoms with Crippen LogP contribution < -0.4 is 0 Å². The van der Waals surface area contributed by atoms with Gasteiger partial charge in [-0.05, 0) is 58.8 Å². The molecule has 3 aromatic heterocycles. The number of para-hydroxylation sites is 4. The number of aromatic nitrogens is 4. The van der Waals surface area contributed by atoms with Crippen molar-refractivity contribution in [1.82, 2.24) is 19.1 Å². The summed E-state index contributed by atoms with van der Waals surface area (Å²) in [5.74, 6) is 0.653. The monoisotopic (exact) mass is 662 g/mol. The number of hydrogen-bond acceptors (Lipinski definition) is 2. The number of nitrogens with zero attached hydrogens (tertiary/aromatic N) is 4. The molecule has 0 radical (unpaired) electrons. The molecule has 52 heavy (non-hydrogen) atoms. The van der Waals surface area contributed by atoms with Crippen molar-refractivity contribution in [2.75, 3.05) is 0 Å². The van der Waals surface area contributed by atoms with Gasteiger partial charge in [-0.25, -0.2) is 9.97 Å². The predicted molar refractivity (Wildman–Crippen MR) is 217 cm³/mol. The summed E-state index contributed by atoms with van der Waals surface area (Å²) in [5, 5.41) is 8.22. The first-order valence-corrected chi connectivity index (χ1v) is 17.7. The maximum Gasteiger partial charge on any atom is 0.235 e. The quantitative estimate of drug-likeness (QED) is 0.188. The zero-order valence-corrected chi connectivity index (χ0v) is 28.1. The standard InChI is InChI=1S/C48H30N4/c1-3-15-31(16-4-1)46-39-23-9-12-24-41(39)49-48(50-46)52-43-26-14-11-22-37(43)40-29-32-17-7-8-20-35(32)45(47(40)52)33-27-28-38-36-21-10-13-25-42(36)51(44(38)30-33)34-18-5-2-6-19-34/h1-30H. The number of hydrogen-bond donors (Lipinski definition) is 0. The number of fused-ring (bicyclic) bond motifs is 8. The van der Waals surface area contributed by atoms with E-state index in [-0.39, 0.29) is 0 Å². The number of rotatable bonds is 4. The summed E-state index contributed by atoms with van der Waals surface area (Å²) < 4.78 is 4.69. The molecule has 0 fully saturated rings. The molecule has 3 heterocycles. The molecule has 0 saturated carbocycles. The Bertz CT molecular complexity index is 3170. The number of benzene rings is 8. The fraction of sp³-hybridized carbons (Fsp3) is 0. The maximum atomic E-state index is 5.41. The van der Waals surface area contributed by atoms with Crippen molar-refractivity contribution >= 4 is 65.3 Å². The Kier molecular flexibility index (Phi) is 6.22. The van der Waals surface area contributed by atoms with Crippen LogP contribution in [-0.2, 0) is 0 Å². The fourth-order valence-corrected chi connectivity index (χ4v) is 8.25. The Labute approximate surface area is 299 Å². The summed E-state index contributed by atoms with van der Waals surface area (Å²) in [6.07, 6.45) is 0. The van der Waals surface area contributed by atoms with Crippen LogP contribution in [0.25, 0.3) is 99.3 Å². The lowest BCUT2D eigenvalue weighted by molar-refractivity contribution is 1.01. The molecule has 0 aliphatic heterocycles. The van der Waals surface area contributed by atoms with E-state index in [0.717, 1.165) is 50.0 Å². The first kappa shape index (κ1) is 28.8. The second kappa shape index (κ2) is 11.2. The van der Waals surface area contributed by atoms with Gasteiger partial charge in [0.1, 0.15) is 0 Å². The van der Waals surface area contributed by atoms with Gasteiger partial charge in [-0.15, -0.1) is 0 Å². The average Bonchev–Trinajstić information content (AvgIpc) is 3.72. The van der Waals surface area contributed by atoms with Gasteiger partial charge in [0, 0.05) is 43.7 Å². The fourth-order valence-electron chi connectivity index (χ4n) is 8.25. The molecule has 11 rings (SSSR count). The largest absolute Gasteiger partial charge is 0.309 e. The molecule has 0 spiro atoms. The van der Waals surface area contributed by atoms with Crippen LogP contribution in [0.15, 0.2) is 182 Å². The van der Waals surface area contributed by atoms with Crippen molar-refractivity contribution in [3.63, 3.8) is 0 Å². The van der Waals surface area contributed by atoms with Crippen molar-refractivity contribution in [3.8, 4) is 34.0 Å². The van der Waals surface area contributed by atoms with E-state index in [1.54, 1.807) is 0 Å². The lowest BCUT2D eigenvalue weighted by Crippen LogP contribution is -2.04. The third-order valence-corrected chi connectivity index (χ3v) is 10.5. The van der Waals surface area contributed by atoms with E-state index in [0.29, 0.717) is 5.95 Å². The van der Waals surface area contributed by atoms with Gasteiger partial charge in [0.25, 0.3) is 0 Å². The molecule has 242 valence electrons. The molecule has 0 amide bonds. The summed E-state index contributed by atoms with van der Waals surface area (Å²) in [6.45, 7) is 0. The smallest absolute Gasteiger partial charge is 0.235 e. The van der Waals surface area contributed by atoms with Gasteiger partial charge in [-0.3, -0.25) is 4.57 Å². The van der Waals surface area contributed by atoms with Crippen LogP contribution in [0.2, 0.25) is 0 Å². The zero-order chi connectivity index (χ0) is 34.2. The second-order valence-corrected chi connectivity index (χ2v) is 13.4.